The summed E-state index contributed by atoms with van der Waals surface area (Å²) in [5.41, 5.74) is 1.21. The lowest BCUT2D eigenvalue weighted by molar-refractivity contribution is -0.126. The molecule has 1 aromatic rings. The van der Waals surface area contributed by atoms with Crippen LogP contribution in [0.2, 0.25) is 0 Å². The van der Waals surface area contributed by atoms with E-state index in [9.17, 15) is 4.79 Å². The number of nitrogens with one attached hydrogen (secondary N) is 2. The molecular formula is C15H24N2O2. The van der Waals surface area contributed by atoms with E-state index < -0.39 is 6.10 Å². The van der Waals surface area contributed by atoms with Crippen molar-refractivity contribution in [3.8, 4) is 5.75 Å². The Labute approximate surface area is 115 Å². The minimum absolute atomic E-state index is 0.123. The number of likely N-dealkylation sites (N-methyl/N-ethyl adjacent to an activating group) is 1. The summed E-state index contributed by atoms with van der Waals surface area (Å²) in [6.45, 7) is 7.96. The first-order chi connectivity index (χ1) is 9.02. The van der Waals surface area contributed by atoms with Crippen LogP contribution in [0.3, 0.4) is 0 Å². The SMILES string of the molecule is CNC(=O)C(C)Oc1ccc(CNCC(C)C)cc1. The molecule has 1 atom stereocenters. The van der Waals surface area contributed by atoms with Gasteiger partial charge in [0.05, 0.1) is 0 Å². The molecule has 2 N–H and O–H groups in total. The average molecular weight is 264 g/mol. The Hall–Kier alpha value is -1.55. The minimum atomic E-state index is -0.477. The molecule has 19 heavy (non-hydrogen) atoms. The fourth-order valence-corrected chi connectivity index (χ4v) is 1.65. The van der Waals surface area contributed by atoms with Gasteiger partial charge in [0.15, 0.2) is 6.10 Å². The molecule has 0 aromatic heterocycles. The fourth-order valence-electron chi connectivity index (χ4n) is 1.65. The summed E-state index contributed by atoms with van der Waals surface area (Å²) < 4.78 is 5.53. The Morgan fingerprint density at radius 2 is 1.84 bits per heavy atom. The molecule has 0 saturated carbocycles. The second kappa shape index (κ2) is 7.79. The predicted molar refractivity (Wildman–Crippen MR) is 77.1 cm³/mol. The molecule has 0 aliphatic carbocycles. The average Bonchev–Trinajstić information content (AvgIpc) is 2.39. The van der Waals surface area contributed by atoms with E-state index in [1.54, 1.807) is 14.0 Å². The summed E-state index contributed by atoms with van der Waals surface area (Å²) in [6, 6.07) is 7.82. The first-order valence-corrected chi connectivity index (χ1v) is 6.70. The van der Waals surface area contributed by atoms with E-state index in [2.05, 4.69) is 24.5 Å². The van der Waals surface area contributed by atoms with Crippen molar-refractivity contribution in [2.24, 2.45) is 5.92 Å². The number of carbonyl (C=O) groups is 1. The molecule has 106 valence electrons. The van der Waals surface area contributed by atoms with Gasteiger partial charge in [-0.25, -0.2) is 0 Å². The monoisotopic (exact) mass is 264 g/mol. The van der Waals surface area contributed by atoms with E-state index in [4.69, 9.17) is 4.74 Å². The van der Waals surface area contributed by atoms with Crippen LogP contribution in [0.25, 0.3) is 0 Å². The highest BCUT2D eigenvalue weighted by Gasteiger charge is 2.12. The molecule has 0 aliphatic rings. The van der Waals surface area contributed by atoms with Gasteiger partial charge in [0.25, 0.3) is 5.91 Å². The molecule has 0 fully saturated rings. The highest BCUT2D eigenvalue weighted by atomic mass is 16.5. The molecule has 0 bridgehead atoms. The number of benzene rings is 1. The maximum absolute atomic E-state index is 11.3. The van der Waals surface area contributed by atoms with Crippen LogP contribution < -0.4 is 15.4 Å². The molecule has 0 heterocycles. The van der Waals surface area contributed by atoms with Gasteiger partial charge in [-0.2, -0.15) is 0 Å². The van der Waals surface area contributed by atoms with Gasteiger partial charge >= 0.3 is 0 Å². The second-order valence-corrected chi connectivity index (χ2v) is 5.04. The predicted octanol–water partition coefficient (Wildman–Crippen LogP) is 1.95. The smallest absolute Gasteiger partial charge is 0.260 e. The highest BCUT2D eigenvalue weighted by molar-refractivity contribution is 5.80. The molecule has 0 saturated heterocycles. The Bertz CT molecular complexity index is 388. The van der Waals surface area contributed by atoms with Gasteiger partial charge in [0.2, 0.25) is 0 Å². The van der Waals surface area contributed by atoms with Gasteiger partial charge in [0, 0.05) is 13.6 Å². The number of hydrogen-bond donors (Lipinski definition) is 2. The third-order valence-corrected chi connectivity index (χ3v) is 2.73. The van der Waals surface area contributed by atoms with Crippen LogP contribution in [0.1, 0.15) is 26.3 Å². The Morgan fingerprint density at radius 3 is 2.37 bits per heavy atom. The summed E-state index contributed by atoms with van der Waals surface area (Å²) in [5.74, 6) is 1.24. The van der Waals surface area contributed by atoms with Crippen LogP contribution in [0.5, 0.6) is 5.75 Å². The van der Waals surface area contributed by atoms with Crippen LogP contribution in [-0.4, -0.2) is 25.6 Å². The zero-order chi connectivity index (χ0) is 14.3. The first kappa shape index (κ1) is 15.5. The topological polar surface area (TPSA) is 50.4 Å². The van der Waals surface area contributed by atoms with Crippen LogP contribution in [-0.2, 0) is 11.3 Å². The molecule has 4 nitrogen and oxygen atoms in total. The van der Waals surface area contributed by atoms with Crippen molar-refractivity contribution >= 4 is 5.91 Å². The largest absolute Gasteiger partial charge is 0.481 e. The number of hydrogen-bond acceptors (Lipinski definition) is 3. The lowest BCUT2D eigenvalue weighted by Crippen LogP contribution is -2.33. The van der Waals surface area contributed by atoms with Crippen LogP contribution in [0.4, 0.5) is 0 Å². The van der Waals surface area contributed by atoms with Gasteiger partial charge in [-0.05, 0) is 37.1 Å². The van der Waals surface area contributed by atoms with E-state index in [1.165, 1.54) is 5.56 Å². The zero-order valence-corrected chi connectivity index (χ0v) is 12.2. The van der Waals surface area contributed by atoms with Crippen molar-refractivity contribution in [3.63, 3.8) is 0 Å². The molecular weight excluding hydrogens is 240 g/mol. The lowest BCUT2D eigenvalue weighted by Gasteiger charge is -2.13. The standard InChI is InChI=1S/C15H24N2O2/c1-11(2)9-17-10-13-5-7-14(8-6-13)19-12(3)15(18)16-4/h5-8,11-12,17H,9-10H2,1-4H3,(H,16,18). The van der Waals surface area contributed by atoms with Crippen LogP contribution in [0.15, 0.2) is 24.3 Å². The van der Waals surface area contributed by atoms with E-state index in [0.717, 1.165) is 13.1 Å². The lowest BCUT2D eigenvalue weighted by atomic mass is 10.2. The Morgan fingerprint density at radius 1 is 1.21 bits per heavy atom. The van der Waals surface area contributed by atoms with Gasteiger partial charge in [-0.3, -0.25) is 4.79 Å². The Kier molecular flexibility index (Phi) is 6.36. The molecule has 0 spiro atoms. The van der Waals surface area contributed by atoms with E-state index in [-0.39, 0.29) is 5.91 Å². The van der Waals surface area contributed by atoms with Crippen LogP contribution >= 0.6 is 0 Å². The first-order valence-electron chi connectivity index (χ1n) is 6.70. The van der Waals surface area contributed by atoms with E-state index >= 15 is 0 Å². The number of rotatable bonds is 7. The third kappa shape index (κ3) is 5.75. The third-order valence-electron chi connectivity index (χ3n) is 2.73. The second-order valence-electron chi connectivity index (χ2n) is 5.04. The normalized spacial score (nSPS) is 12.3. The van der Waals surface area contributed by atoms with E-state index in [0.29, 0.717) is 11.7 Å². The van der Waals surface area contributed by atoms with Crippen molar-refractivity contribution in [1.82, 2.24) is 10.6 Å². The number of carbonyl (C=O) groups excluding carboxylic acids is 1. The molecule has 0 radical (unpaired) electrons. The fraction of sp³-hybridized carbons (Fsp3) is 0.533. The summed E-state index contributed by atoms with van der Waals surface area (Å²) in [5, 5.41) is 5.94. The summed E-state index contributed by atoms with van der Waals surface area (Å²) in [7, 11) is 1.60. The number of amides is 1. The summed E-state index contributed by atoms with van der Waals surface area (Å²) >= 11 is 0. The van der Waals surface area contributed by atoms with Crippen molar-refractivity contribution in [2.45, 2.75) is 33.4 Å². The van der Waals surface area contributed by atoms with Crippen molar-refractivity contribution in [1.29, 1.82) is 0 Å². The molecule has 1 unspecified atom stereocenters. The van der Waals surface area contributed by atoms with Crippen LogP contribution in [0, 0.1) is 5.92 Å². The molecule has 4 heteroatoms. The van der Waals surface area contributed by atoms with E-state index in [1.807, 2.05) is 24.3 Å². The maximum Gasteiger partial charge on any atom is 0.260 e. The molecule has 1 amide bonds. The van der Waals surface area contributed by atoms with Gasteiger partial charge < -0.3 is 15.4 Å². The molecule has 1 rings (SSSR count). The minimum Gasteiger partial charge on any atom is -0.481 e. The number of ether oxygens (including phenoxy) is 1. The maximum atomic E-state index is 11.3. The van der Waals surface area contributed by atoms with Gasteiger partial charge in [-0.1, -0.05) is 26.0 Å². The highest BCUT2D eigenvalue weighted by Crippen LogP contribution is 2.14. The van der Waals surface area contributed by atoms with Crippen molar-refractivity contribution < 1.29 is 9.53 Å². The molecule has 0 aliphatic heterocycles. The van der Waals surface area contributed by atoms with Gasteiger partial charge in [0.1, 0.15) is 5.75 Å². The summed E-state index contributed by atoms with van der Waals surface area (Å²) in [6.07, 6.45) is -0.477. The Balaban J connectivity index is 2.45. The quantitative estimate of drug-likeness (QED) is 0.791. The zero-order valence-electron chi connectivity index (χ0n) is 12.2. The summed E-state index contributed by atoms with van der Waals surface area (Å²) in [4.78, 5) is 11.3. The van der Waals surface area contributed by atoms with Crippen molar-refractivity contribution in [2.75, 3.05) is 13.6 Å². The molecule has 1 aromatic carbocycles. The van der Waals surface area contributed by atoms with Gasteiger partial charge in [-0.15, -0.1) is 0 Å². The van der Waals surface area contributed by atoms with Crippen molar-refractivity contribution in [3.05, 3.63) is 29.8 Å².